The number of carbonyl (C=O) groups excluding carboxylic acids is 2. The van der Waals surface area contributed by atoms with E-state index in [-0.39, 0.29) is 24.2 Å². The van der Waals surface area contributed by atoms with Gasteiger partial charge in [-0.3, -0.25) is 9.59 Å². The van der Waals surface area contributed by atoms with Crippen LogP contribution in [0.2, 0.25) is 0 Å². The number of furan rings is 1. The summed E-state index contributed by atoms with van der Waals surface area (Å²) in [6.45, 7) is 1.20. The average Bonchev–Trinajstić information content (AvgIpc) is 3.16. The Morgan fingerprint density at radius 1 is 0.967 bits per heavy atom. The second kappa shape index (κ2) is 8.86. The maximum absolute atomic E-state index is 13.4. The highest BCUT2D eigenvalue weighted by molar-refractivity contribution is 5.93. The number of hydrogen-bond donors (Lipinski definition) is 2. The highest BCUT2D eigenvalue weighted by atomic mass is 19.4. The van der Waals surface area contributed by atoms with E-state index in [4.69, 9.17) is 4.42 Å². The van der Waals surface area contributed by atoms with Gasteiger partial charge in [0.15, 0.2) is 0 Å². The van der Waals surface area contributed by atoms with Crippen LogP contribution in [0.25, 0.3) is 11.3 Å². The maximum atomic E-state index is 13.4. The van der Waals surface area contributed by atoms with Crippen molar-refractivity contribution in [3.63, 3.8) is 0 Å². The molecule has 0 saturated carbocycles. The second-order valence-corrected chi connectivity index (χ2v) is 6.62. The van der Waals surface area contributed by atoms with Gasteiger partial charge < -0.3 is 15.1 Å². The number of carbonyl (C=O) groups is 2. The Labute approximate surface area is 170 Å². The number of anilines is 2. The van der Waals surface area contributed by atoms with Crippen LogP contribution in [0.4, 0.5) is 24.5 Å². The van der Waals surface area contributed by atoms with Crippen LogP contribution in [0.1, 0.15) is 24.7 Å². The minimum atomic E-state index is -4.69. The normalized spacial score (nSPS) is 11.2. The van der Waals surface area contributed by atoms with Crippen molar-refractivity contribution in [2.45, 2.75) is 25.9 Å². The van der Waals surface area contributed by atoms with Crippen molar-refractivity contribution in [1.29, 1.82) is 0 Å². The number of aryl methyl sites for hydroxylation is 1. The van der Waals surface area contributed by atoms with Crippen LogP contribution in [-0.2, 0) is 22.2 Å². The summed E-state index contributed by atoms with van der Waals surface area (Å²) in [6, 6.07) is 16.1. The quantitative estimate of drug-likeness (QED) is 0.558. The molecule has 0 atom stereocenters. The minimum Gasteiger partial charge on any atom is -0.461 e. The van der Waals surface area contributed by atoms with Crippen molar-refractivity contribution in [3.8, 4) is 11.3 Å². The number of alkyl halides is 3. The molecule has 1 aromatic heterocycles. The molecule has 2 N–H and O–H groups in total. The Bertz CT molecular complexity index is 1040. The van der Waals surface area contributed by atoms with Gasteiger partial charge in [0.25, 0.3) is 0 Å². The van der Waals surface area contributed by atoms with Gasteiger partial charge in [0.1, 0.15) is 11.5 Å². The summed E-state index contributed by atoms with van der Waals surface area (Å²) < 4.78 is 45.8. The van der Waals surface area contributed by atoms with Crippen LogP contribution in [0.15, 0.2) is 65.1 Å². The van der Waals surface area contributed by atoms with E-state index in [1.54, 1.807) is 12.1 Å². The predicted octanol–water partition coefficient (Wildman–Crippen LogP) is 5.50. The van der Waals surface area contributed by atoms with E-state index in [0.717, 1.165) is 17.7 Å². The number of nitrogens with one attached hydrogen (secondary N) is 2. The fraction of sp³-hybridized carbons (Fsp3) is 0.182. The van der Waals surface area contributed by atoms with Gasteiger partial charge in [-0.15, -0.1) is 0 Å². The molecule has 30 heavy (non-hydrogen) atoms. The van der Waals surface area contributed by atoms with Crippen LogP contribution < -0.4 is 10.6 Å². The van der Waals surface area contributed by atoms with Gasteiger partial charge in [0.05, 0.1) is 11.3 Å². The van der Waals surface area contributed by atoms with E-state index >= 15 is 0 Å². The van der Waals surface area contributed by atoms with Crippen LogP contribution in [0.3, 0.4) is 0 Å². The Balaban J connectivity index is 1.66. The summed E-state index contributed by atoms with van der Waals surface area (Å²) in [6.07, 6.45) is -4.50. The summed E-state index contributed by atoms with van der Waals surface area (Å²) in [5.74, 6) is 0.138. The molecule has 0 unspecified atom stereocenters. The Hall–Kier alpha value is -3.55. The topological polar surface area (TPSA) is 71.3 Å². The highest BCUT2D eigenvalue weighted by Gasteiger charge is 2.34. The minimum absolute atomic E-state index is 0.00292. The van der Waals surface area contributed by atoms with Crippen LogP contribution in [0.5, 0.6) is 0 Å². The van der Waals surface area contributed by atoms with Gasteiger partial charge in [-0.1, -0.05) is 30.3 Å². The summed E-state index contributed by atoms with van der Waals surface area (Å²) >= 11 is 0. The zero-order valence-electron chi connectivity index (χ0n) is 16.0. The molecule has 3 rings (SSSR count). The largest absolute Gasteiger partial charge is 0.461 e. The van der Waals surface area contributed by atoms with Crippen molar-refractivity contribution in [2.24, 2.45) is 0 Å². The molecule has 0 saturated heterocycles. The molecule has 2 aromatic carbocycles. The first-order valence-electron chi connectivity index (χ1n) is 9.15. The fourth-order valence-corrected chi connectivity index (χ4v) is 2.89. The van der Waals surface area contributed by atoms with Crippen LogP contribution in [-0.4, -0.2) is 11.8 Å². The van der Waals surface area contributed by atoms with Crippen LogP contribution in [0, 0.1) is 0 Å². The maximum Gasteiger partial charge on any atom is 0.418 e. The molecule has 0 bridgehead atoms. The molecule has 8 heteroatoms. The third kappa shape index (κ3) is 5.50. The third-order valence-corrected chi connectivity index (χ3v) is 4.24. The molecule has 1 heterocycles. The Morgan fingerprint density at radius 2 is 1.70 bits per heavy atom. The second-order valence-electron chi connectivity index (χ2n) is 6.62. The molecule has 0 aliphatic carbocycles. The zero-order chi connectivity index (χ0) is 21.7. The predicted molar refractivity (Wildman–Crippen MR) is 107 cm³/mol. The molecule has 2 amide bonds. The van der Waals surface area contributed by atoms with E-state index < -0.39 is 23.6 Å². The first-order chi connectivity index (χ1) is 14.2. The lowest BCUT2D eigenvalue weighted by molar-refractivity contribution is -0.137. The van der Waals surface area contributed by atoms with Gasteiger partial charge in [-0.25, -0.2) is 0 Å². The first-order valence-corrected chi connectivity index (χ1v) is 9.15. The number of rotatable bonds is 6. The standard InChI is InChI=1S/C22H19F3N2O3/c1-14(28)26-16-7-10-19(18(13-16)22(23,24)25)27-21(29)12-9-17-8-11-20(30-17)15-5-3-2-4-6-15/h2-8,10-11,13H,9,12H2,1H3,(H,26,28)(H,27,29). The monoisotopic (exact) mass is 416 g/mol. The van der Waals surface area contributed by atoms with Crippen molar-refractivity contribution >= 4 is 23.2 Å². The van der Waals surface area contributed by atoms with Crippen molar-refractivity contribution < 1.29 is 27.2 Å². The van der Waals surface area contributed by atoms with Gasteiger partial charge in [-0.05, 0) is 30.3 Å². The number of hydrogen-bond acceptors (Lipinski definition) is 3. The average molecular weight is 416 g/mol. The van der Waals surface area contributed by atoms with E-state index in [0.29, 0.717) is 11.5 Å². The third-order valence-electron chi connectivity index (χ3n) is 4.24. The van der Waals surface area contributed by atoms with E-state index in [1.807, 2.05) is 30.3 Å². The van der Waals surface area contributed by atoms with Crippen LogP contribution >= 0.6 is 0 Å². The SMILES string of the molecule is CC(=O)Nc1ccc(NC(=O)CCc2ccc(-c3ccccc3)o2)c(C(F)(F)F)c1. The molecular formula is C22H19F3N2O3. The summed E-state index contributed by atoms with van der Waals surface area (Å²) in [7, 11) is 0. The summed E-state index contributed by atoms with van der Waals surface area (Å²) in [5, 5.41) is 4.59. The molecule has 3 aromatic rings. The van der Waals surface area contributed by atoms with Gasteiger partial charge in [0, 0.05) is 31.0 Å². The van der Waals surface area contributed by atoms with Crippen molar-refractivity contribution in [2.75, 3.05) is 10.6 Å². The number of amides is 2. The van der Waals surface area contributed by atoms with E-state index in [1.165, 1.54) is 13.0 Å². The molecule has 0 aliphatic rings. The summed E-state index contributed by atoms with van der Waals surface area (Å²) in [4.78, 5) is 23.3. The lowest BCUT2D eigenvalue weighted by Gasteiger charge is -2.15. The fourth-order valence-electron chi connectivity index (χ4n) is 2.89. The van der Waals surface area contributed by atoms with E-state index in [9.17, 15) is 22.8 Å². The molecule has 0 aliphatic heterocycles. The smallest absolute Gasteiger partial charge is 0.418 e. The lowest BCUT2D eigenvalue weighted by atomic mass is 10.1. The van der Waals surface area contributed by atoms with Gasteiger partial charge >= 0.3 is 6.18 Å². The zero-order valence-corrected chi connectivity index (χ0v) is 16.0. The van der Waals surface area contributed by atoms with Crippen molar-refractivity contribution in [3.05, 3.63) is 72.0 Å². The molecule has 5 nitrogen and oxygen atoms in total. The molecular weight excluding hydrogens is 397 g/mol. The number of halogens is 3. The summed E-state index contributed by atoms with van der Waals surface area (Å²) in [5.41, 5.74) is -0.517. The first kappa shape index (κ1) is 21.2. The van der Waals surface area contributed by atoms with Gasteiger partial charge in [0.2, 0.25) is 11.8 Å². The van der Waals surface area contributed by atoms with Gasteiger partial charge in [-0.2, -0.15) is 13.2 Å². The lowest BCUT2D eigenvalue weighted by Crippen LogP contribution is -2.17. The Kier molecular flexibility index (Phi) is 6.25. The van der Waals surface area contributed by atoms with Crippen molar-refractivity contribution in [1.82, 2.24) is 0 Å². The van der Waals surface area contributed by atoms with E-state index in [2.05, 4.69) is 10.6 Å². The number of benzene rings is 2. The molecule has 0 spiro atoms. The molecule has 156 valence electrons. The highest BCUT2D eigenvalue weighted by Crippen LogP contribution is 2.36. The molecule has 0 fully saturated rings. The molecule has 0 radical (unpaired) electrons. The Morgan fingerprint density at radius 3 is 2.37 bits per heavy atom.